The van der Waals surface area contributed by atoms with Crippen molar-refractivity contribution in [3.8, 4) is 0 Å². The minimum Gasteiger partial charge on any atom is -0.462 e. The Hall–Kier alpha value is -3.17. The molecule has 2 aromatic heterocycles. The van der Waals surface area contributed by atoms with Gasteiger partial charge < -0.3 is 10.1 Å². The van der Waals surface area contributed by atoms with E-state index in [9.17, 15) is 13.2 Å². The maximum absolute atomic E-state index is 13.2. The van der Waals surface area contributed by atoms with E-state index in [1.807, 2.05) is 45.0 Å². The third kappa shape index (κ3) is 4.71. The lowest BCUT2D eigenvalue weighted by atomic mass is 10.1. The van der Waals surface area contributed by atoms with E-state index in [1.54, 1.807) is 6.92 Å². The first-order chi connectivity index (χ1) is 16.0. The molecule has 178 valence electrons. The average Bonchev–Trinajstić information content (AvgIpc) is 3.12. The van der Waals surface area contributed by atoms with Crippen molar-refractivity contribution in [2.75, 3.05) is 11.9 Å². The fourth-order valence-electron chi connectivity index (χ4n) is 3.64. The smallest absolute Gasteiger partial charge is 0.342 e. The topological polar surface area (TPSA) is 103 Å². The molecule has 0 saturated heterocycles. The Morgan fingerprint density at radius 3 is 2.44 bits per heavy atom. The minimum atomic E-state index is -3.83. The highest BCUT2D eigenvalue weighted by molar-refractivity contribution is 7.90. The maximum atomic E-state index is 13.2. The number of nitrogens with one attached hydrogen (secondary N) is 1. The molecule has 0 fully saturated rings. The maximum Gasteiger partial charge on any atom is 0.342 e. The van der Waals surface area contributed by atoms with E-state index in [0.29, 0.717) is 27.4 Å². The summed E-state index contributed by atoms with van der Waals surface area (Å²) in [5.41, 5.74) is 0.906. The van der Waals surface area contributed by atoms with Crippen LogP contribution in [0.1, 0.15) is 43.7 Å². The Labute approximate surface area is 202 Å². The van der Waals surface area contributed by atoms with Gasteiger partial charge in [-0.1, -0.05) is 29.8 Å². The molecule has 0 bridgehead atoms. The van der Waals surface area contributed by atoms with Crippen molar-refractivity contribution < 1.29 is 17.9 Å². The van der Waals surface area contributed by atoms with Crippen molar-refractivity contribution in [1.29, 1.82) is 0 Å². The van der Waals surface area contributed by atoms with Crippen molar-refractivity contribution in [2.24, 2.45) is 0 Å². The Morgan fingerprint density at radius 2 is 1.79 bits per heavy atom. The Morgan fingerprint density at radius 1 is 1.12 bits per heavy atom. The molecule has 0 radical (unpaired) electrons. The normalized spacial score (nSPS) is 12.3. The van der Waals surface area contributed by atoms with E-state index in [1.165, 1.54) is 28.8 Å². The van der Waals surface area contributed by atoms with Gasteiger partial charge in [0.2, 0.25) is 5.95 Å². The van der Waals surface area contributed by atoms with Crippen LogP contribution in [0.25, 0.3) is 16.4 Å². The van der Waals surface area contributed by atoms with Crippen molar-refractivity contribution in [1.82, 2.24) is 14.6 Å². The highest BCUT2D eigenvalue weighted by Gasteiger charge is 2.29. The number of aromatic nitrogens is 3. The standard InChI is InChI=1S/C24H25ClN4O4S/c1-5-33-22(30)20-19(14-34(31,32)16-12-10-15(25)11-13-16)28-29-21(20)17-8-6-7-9-18(17)26-23(29)27-24(2,3)4/h6-13H,5,14H2,1-4H3,(H,26,27). The van der Waals surface area contributed by atoms with Gasteiger partial charge in [-0.2, -0.15) is 9.61 Å². The fraction of sp³-hybridized carbons (Fsp3) is 0.292. The average molecular weight is 501 g/mol. The monoisotopic (exact) mass is 500 g/mol. The molecule has 0 aliphatic carbocycles. The molecule has 0 saturated carbocycles. The summed E-state index contributed by atoms with van der Waals surface area (Å²) >= 11 is 5.92. The van der Waals surface area contributed by atoms with Gasteiger partial charge in [0, 0.05) is 15.9 Å². The van der Waals surface area contributed by atoms with E-state index in [-0.39, 0.29) is 28.3 Å². The van der Waals surface area contributed by atoms with Crippen molar-refractivity contribution in [3.63, 3.8) is 0 Å². The number of anilines is 1. The molecule has 0 spiro atoms. The van der Waals surface area contributed by atoms with Gasteiger partial charge >= 0.3 is 5.97 Å². The van der Waals surface area contributed by atoms with Gasteiger partial charge in [-0.25, -0.2) is 18.2 Å². The van der Waals surface area contributed by atoms with E-state index in [4.69, 9.17) is 16.3 Å². The number of rotatable bonds is 6. The van der Waals surface area contributed by atoms with Crippen LogP contribution in [0.15, 0.2) is 53.4 Å². The van der Waals surface area contributed by atoms with Crippen LogP contribution in [-0.2, 0) is 20.3 Å². The van der Waals surface area contributed by atoms with E-state index >= 15 is 0 Å². The number of ether oxygens (including phenoxy) is 1. The van der Waals surface area contributed by atoms with Gasteiger partial charge in [-0.3, -0.25) is 0 Å². The van der Waals surface area contributed by atoms with Gasteiger partial charge in [-0.05, 0) is 58.0 Å². The predicted octanol–water partition coefficient (Wildman–Crippen LogP) is 4.90. The van der Waals surface area contributed by atoms with E-state index in [0.717, 1.165) is 0 Å². The van der Waals surface area contributed by atoms with Gasteiger partial charge in [0.15, 0.2) is 9.84 Å². The van der Waals surface area contributed by atoms with Crippen LogP contribution < -0.4 is 5.32 Å². The molecule has 2 aromatic carbocycles. The summed E-state index contributed by atoms with van der Waals surface area (Å²) in [6.07, 6.45) is 0. The first-order valence-electron chi connectivity index (χ1n) is 10.7. The third-order valence-electron chi connectivity index (χ3n) is 5.01. The summed E-state index contributed by atoms with van der Waals surface area (Å²) in [5.74, 6) is -0.743. The fourth-order valence-corrected chi connectivity index (χ4v) is 5.04. The number of nitrogens with zero attached hydrogens (tertiary/aromatic N) is 3. The lowest BCUT2D eigenvalue weighted by Gasteiger charge is -2.22. The molecule has 0 aliphatic heterocycles. The van der Waals surface area contributed by atoms with Crippen LogP contribution in [0.2, 0.25) is 5.02 Å². The summed E-state index contributed by atoms with van der Waals surface area (Å²) in [6, 6.07) is 13.2. The van der Waals surface area contributed by atoms with Crippen LogP contribution in [0.3, 0.4) is 0 Å². The molecular formula is C24H25ClN4O4S. The molecule has 4 rings (SSSR count). The van der Waals surface area contributed by atoms with Crippen LogP contribution in [0, 0.1) is 0 Å². The summed E-state index contributed by atoms with van der Waals surface area (Å²) in [7, 11) is -3.83. The number of carbonyl (C=O) groups excluding carboxylic acids is 1. The number of benzene rings is 2. The zero-order valence-electron chi connectivity index (χ0n) is 19.3. The van der Waals surface area contributed by atoms with E-state index in [2.05, 4.69) is 15.4 Å². The Balaban J connectivity index is 2.00. The highest BCUT2D eigenvalue weighted by Crippen LogP contribution is 2.30. The number of fused-ring (bicyclic) bond motifs is 3. The largest absolute Gasteiger partial charge is 0.462 e. The molecule has 34 heavy (non-hydrogen) atoms. The van der Waals surface area contributed by atoms with Crippen molar-refractivity contribution in [2.45, 2.75) is 43.9 Å². The number of hydrogen-bond donors (Lipinski definition) is 1. The van der Waals surface area contributed by atoms with Crippen LogP contribution in [0.5, 0.6) is 0 Å². The molecule has 4 aromatic rings. The Kier molecular flexibility index (Phi) is 6.26. The zero-order chi connectivity index (χ0) is 24.7. The van der Waals surface area contributed by atoms with Gasteiger partial charge in [0.25, 0.3) is 0 Å². The number of halogens is 1. The second-order valence-corrected chi connectivity index (χ2v) is 11.3. The summed E-state index contributed by atoms with van der Waals surface area (Å²) < 4.78 is 33.3. The number of para-hydroxylation sites is 1. The highest BCUT2D eigenvalue weighted by atomic mass is 35.5. The van der Waals surface area contributed by atoms with Gasteiger partial charge in [0.05, 0.1) is 34.0 Å². The molecule has 1 N–H and O–H groups in total. The van der Waals surface area contributed by atoms with Crippen LogP contribution >= 0.6 is 11.6 Å². The predicted molar refractivity (Wildman–Crippen MR) is 132 cm³/mol. The molecule has 0 atom stereocenters. The summed E-state index contributed by atoms with van der Waals surface area (Å²) in [4.78, 5) is 17.9. The second kappa shape index (κ2) is 8.88. The summed E-state index contributed by atoms with van der Waals surface area (Å²) in [5, 5.41) is 8.95. The first-order valence-corrected chi connectivity index (χ1v) is 12.8. The minimum absolute atomic E-state index is 0.0831. The quantitative estimate of drug-likeness (QED) is 0.376. The number of esters is 1. The second-order valence-electron chi connectivity index (χ2n) is 8.84. The SMILES string of the molecule is CCOC(=O)c1c(CS(=O)(=O)c2ccc(Cl)cc2)nn2c(NC(C)(C)C)nc3ccccc3c12. The zero-order valence-corrected chi connectivity index (χ0v) is 20.9. The third-order valence-corrected chi connectivity index (χ3v) is 6.91. The van der Waals surface area contributed by atoms with Crippen molar-refractivity contribution in [3.05, 3.63) is 64.8 Å². The lowest BCUT2D eigenvalue weighted by Crippen LogP contribution is -2.28. The Bertz CT molecular complexity index is 1490. The van der Waals surface area contributed by atoms with Crippen LogP contribution in [-0.4, -0.2) is 41.1 Å². The molecular weight excluding hydrogens is 476 g/mol. The van der Waals surface area contributed by atoms with E-state index < -0.39 is 21.6 Å². The molecule has 8 nitrogen and oxygen atoms in total. The van der Waals surface area contributed by atoms with Gasteiger partial charge in [-0.15, -0.1) is 0 Å². The van der Waals surface area contributed by atoms with Crippen LogP contribution in [0.4, 0.5) is 5.95 Å². The first kappa shape index (κ1) is 24.0. The number of carbonyl (C=O) groups is 1. The van der Waals surface area contributed by atoms with Gasteiger partial charge in [0.1, 0.15) is 5.56 Å². The molecule has 10 heteroatoms. The molecule has 2 heterocycles. The molecule has 0 amide bonds. The van der Waals surface area contributed by atoms with Crippen molar-refractivity contribution >= 4 is 49.8 Å². The number of sulfone groups is 1. The lowest BCUT2D eigenvalue weighted by molar-refractivity contribution is 0.0528. The number of hydrogen-bond acceptors (Lipinski definition) is 7. The molecule has 0 unspecified atom stereocenters. The molecule has 0 aliphatic rings. The summed E-state index contributed by atoms with van der Waals surface area (Å²) in [6.45, 7) is 7.74.